The predicted molar refractivity (Wildman–Crippen MR) is 262 cm³/mol. The number of nitrogens with zero attached hydrogens (tertiary/aromatic N) is 1. The molecular formula is C55H38F12N4O10. The number of anilines is 4. The molecule has 3 aliphatic rings. The van der Waals surface area contributed by atoms with Crippen LogP contribution in [0.4, 0.5) is 75.4 Å². The van der Waals surface area contributed by atoms with Crippen LogP contribution in [0.25, 0.3) is 0 Å². The second kappa shape index (κ2) is 19.8. The zero-order valence-corrected chi connectivity index (χ0v) is 40.9. The lowest BCUT2D eigenvalue weighted by Crippen LogP contribution is -2.54. The topological polar surface area (TPSA) is 215 Å². The summed E-state index contributed by atoms with van der Waals surface area (Å²) in [5, 5.41) is 48.1. The maximum atomic E-state index is 15.4. The number of imide groups is 1. The summed E-state index contributed by atoms with van der Waals surface area (Å²) in [4.78, 5) is 65.8. The summed E-state index contributed by atoms with van der Waals surface area (Å²) >= 11 is 0. The van der Waals surface area contributed by atoms with Crippen molar-refractivity contribution in [1.82, 2.24) is 0 Å². The number of phenolic OH excluding ortho intramolecular Hbond substituents is 4. The summed E-state index contributed by atoms with van der Waals surface area (Å²) < 4.78 is 188. The minimum absolute atomic E-state index is 0.0213. The van der Waals surface area contributed by atoms with E-state index in [1.54, 1.807) is 12.2 Å². The second-order valence-corrected chi connectivity index (χ2v) is 19.1. The molecule has 7 N–H and O–H groups in total. The SMILES string of the molecule is CC(=O)Nc1cc(C(c2ccc(O)c(NC(=O)c3ccc(Oc4ccc(C(=O)Nc5cc(C(c6ccc(O)c(N7C(=O)C8C9C=CC(C9)C8C7=O)c6)(C(F)(F)F)C(F)(F)F)ccc5O)cc4)cc3)c2)(C(F)(F)F)C(F)(F)F)ccc1O. The van der Waals surface area contributed by atoms with Gasteiger partial charge in [0.15, 0.2) is 0 Å². The molecule has 1 heterocycles. The summed E-state index contributed by atoms with van der Waals surface area (Å²) in [6.45, 7) is 0.888. The standard InChI is InChI=1S/C55H38F12N4O10/c1-25(72)68-36-21-30(8-16-40(36)73)50(52(56,57)58,53(59,60)61)31-9-17-41(74)37(22-31)69-46(77)26-4-12-34(13-5-26)81-35-14-6-27(7-15-35)47(78)70-38-23-32(10-18-42(38)75)51(54(62,63)64,55(65,66)67)33-11-19-43(76)39(24-33)71-48(79)44-28-2-3-29(20-28)45(44)49(71)80/h2-19,21-24,28-29,44-45,73-76H,20H2,1H3,(H,68,72)(H,69,77)(H,70,78). The van der Waals surface area contributed by atoms with Gasteiger partial charge in [-0.3, -0.25) is 24.0 Å². The van der Waals surface area contributed by atoms with E-state index in [-0.39, 0.29) is 46.9 Å². The van der Waals surface area contributed by atoms with Crippen LogP contribution in [0.2, 0.25) is 0 Å². The van der Waals surface area contributed by atoms with E-state index in [0.717, 1.165) is 31.2 Å². The fraction of sp³-hybridized carbons (Fsp3) is 0.218. The lowest BCUT2D eigenvalue weighted by atomic mass is 9.72. The molecule has 6 aromatic carbocycles. The number of rotatable bonds is 12. The highest BCUT2D eigenvalue weighted by Gasteiger charge is 2.74. The molecule has 1 aliphatic heterocycles. The molecule has 6 aromatic rings. The largest absolute Gasteiger partial charge is 0.506 e. The van der Waals surface area contributed by atoms with Gasteiger partial charge < -0.3 is 41.1 Å². The Balaban J connectivity index is 0.917. The molecular weight excluding hydrogens is 1100 g/mol. The van der Waals surface area contributed by atoms with Gasteiger partial charge in [0.2, 0.25) is 28.6 Å². The van der Waals surface area contributed by atoms with Crippen molar-refractivity contribution in [3.63, 3.8) is 0 Å². The fourth-order valence-corrected chi connectivity index (χ4v) is 10.7. The highest BCUT2D eigenvalue weighted by Crippen LogP contribution is 2.60. The number of halogens is 12. The van der Waals surface area contributed by atoms with Crippen LogP contribution in [-0.4, -0.2) is 74.7 Å². The maximum Gasteiger partial charge on any atom is 0.411 e. The molecule has 0 radical (unpaired) electrons. The molecule has 0 aromatic heterocycles. The molecule has 26 heteroatoms. The molecule has 14 nitrogen and oxygen atoms in total. The minimum atomic E-state index is -6.25. The van der Waals surface area contributed by atoms with E-state index in [0.29, 0.717) is 59.9 Å². The summed E-state index contributed by atoms with van der Waals surface area (Å²) in [7, 11) is 0. The number of allylic oxidation sites excluding steroid dienone is 2. The van der Waals surface area contributed by atoms with E-state index in [2.05, 4.69) is 10.6 Å². The van der Waals surface area contributed by atoms with E-state index in [4.69, 9.17) is 4.74 Å². The summed E-state index contributed by atoms with van der Waals surface area (Å²) in [5.74, 6) is -11.5. The fourth-order valence-electron chi connectivity index (χ4n) is 10.7. The van der Waals surface area contributed by atoms with Crippen molar-refractivity contribution in [1.29, 1.82) is 0 Å². The van der Waals surface area contributed by atoms with E-state index < -0.39 is 157 Å². The van der Waals surface area contributed by atoms with Crippen molar-refractivity contribution in [2.45, 2.75) is 48.9 Å². The zero-order valence-electron chi connectivity index (χ0n) is 40.9. The zero-order chi connectivity index (χ0) is 59.1. The number of ether oxygens (including phenoxy) is 1. The Labute approximate surface area is 447 Å². The quantitative estimate of drug-likeness (QED) is 0.0266. The first-order valence-corrected chi connectivity index (χ1v) is 23.8. The van der Waals surface area contributed by atoms with Crippen molar-refractivity contribution in [2.24, 2.45) is 23.7 Å². The van der Waals surface area contributed by atoms with Gasteiger partial charge >= 0.3 is 24.7 Å². The summed E-state index contributed by atoms with van der Waals surface area (Å²) in [6, 6.07) is 13.3. The third-order valence-corrected chi connectivity index (χ3v) is 14.4. The molecule has 422 valence electrons. The van der Waals surface area contributed by atoms with Gasteiger partial charge in [-0.1, -0.05) is 36.4 Å². The molecule has 2 bridgehead atoms. The molecule has 4 unspecified atom stereocenters. The smallest absolute Gasteiger partial charge is 0.411 e. The van der Waals surface area contributed by atoms with Crippen molar-refractivity contribution in [2.75, 3.05) is 20.9 Å². The first-order valence-electron chi connectivity index (χ1n) is 23.8. The molecule has 1 saturated heterocycles. The number of fused-ring (bicyclic) bond motifs is 5. The van der Waals surface area contributed by atoms with E-state index in [1.165, 1.54) is 24.3 Å². The van der Waals surface area contributed by atoms with E-state index in [1.807, 2.05) is 5.32 Å². The van der Waals surface area contributed by atoms with Gasteiger partial charge in [-0.25, -0.2) is 4.90 Å². The third kappa shape index (κ3) is 9.49. The van der Waals surface area contributed by atoms with Gasteiger partial charge in [0, 0.05) is 18.1 Å². The van der Waals surface area contributed by atoms with E-state index >= 15 is 26.3 Å². The van der Waals surface area contributed by atoms with Crippen LogP contribution >= 0.6 is 0 Å². The molecule has 2 fully saturated rings. The second-order valence-electron chi connectivity index (χ2n) is 19.1. The molecule has 4 atom stereocenters. The van der Waals surface area contributed by atoms with Crippen LogP contribution in [0.3, 0.4) is 0 Å². The normalized spacial score (nSPS) is 18.2. The number of benzene rings is 6. The van der Waals surface area contributed by atoms with Crippen molar-refractivity contribution >= 4 is 52.3 Å². The highest BCUT2D eigenvalue weighted by atomic mass is 19.4. The molecule has 1 saturated carbocycles. The Hall–Kier alpha value is -9.23. The summed E-state index contributed by atoms with van der Waals surface area (Å²) in [6.07, 6.45) is -21.0. The minimum Gasteiger partial charge on any atom is -0.506 e. The third-order valence-electron chi connectivity index (χ3n) is 14.4. The lowest BCUT2D eigenvalue weighted by Gasteiger charge is -2.39. The maximum absolute atomic E-state index is 15.4. The number of hydrogen-bond acceptors (Lipinski definition) is 10. The number of alkyl halides is 12. The number of aromatic hydroxyl groups is 4. The predicted octanol–water partition coefficient (Wildman–Crippen LogP) is 11.9. The first-order chi connectivity index (χ1) is 37.8. The van der Waals surface area contributed by atoms with Gasteiger partial charge in [-0.05, 0) is 138 Å². The van der Waals surface area contributed by atoms with Crippen LogP contribution in [0, 0.1) is 23.7 Å². The Morgan fingerprint density at radius 1 is 0.469 bits per heavy atom. The van der Waals surface area contributed by atoms with Crippen LogP contribution in [0.5, 0.6) is 34.5 Å². The number of phenols is 4. The average Bonchev–Trinajstić information content (AvgIpc) is 3.29. The Morgan fingerprint density at radius 3 is 1.12 bits per heavy atom. The average molecular weight is 1140 g/mol. The van der Waals surface area contributed by atoms with Crippen LogP contribution in [0.1, 0.15) is 56.3 Å². The van der Waals surface area contributed by atoms with E-state index in [9.17, 15) is 70.7 Å². The van der Waals surface area contributed by atoms with Gasteiger partial charge in [0.05, 0.1) is 34.6 Å². The molecule has 81 heavy (non-hydrogen) atoms. The lowest BCUT2D eigenvalue weighted by molar-refractivity contribution is -0.290. The number of hydrogen-bond donors (Lipinski definition) is 7. The van der Waals surface area contributed by atoms with Crippen molar-refractivity contribution in [3.05, 3.63) is 167 Å². The monoisotopic (exact) mass is 1140 g/mol. The van der Waals surface area contributed by atoms with Crippen molar-refractivity contribution < 1.29 is 102 Å². The van der Waals surface area contributed by atoms with Crippen LogP contribution in [0.15, 0.2) is 133 Å². The van der Waals surface area contributed by atoms with Gasteiger partial charge in [-0.15, -0.1) is 0 Å². The van der Waals surface area contributed by atoms with Gasteiger partial charge in [0.25, 0.3) is 11.8 Å². The molecule has 5 amide bonds. The number of amides is 5. The van der Waals surface area contributed by atoms with Crippen molar-refractivity contribution in [3.8, 4) is 34.5 Å². The summed E-state index contributed by atoms with van der Waals surface area (Å²) in [5.41, 5.74) is -20.1. The molecule has 2 aliphatic carbocycles. The first kappa shape index (κ1) is 56.5. The number of carbonyl (C=O) groups is 5. The van der Waals surface area contributed by atoms with Gasteiger partial charge in [-0.2, -0.15) is 52.7 Å². The Morgan fingerprint density at radius 2 is 0.790 bits per heavy atom. The highest BCUT2D eigenvalue weighted by molar-refractivity contribution is 6.23. The van der Waals surface area contributed by atoms with Gasteiger partial charge in [0.1, 0.15) is 34.5 Å². The molecule has 0 spiro atoms. The number of carbonyl (C=O) groups excluding carboxylic acids is 5. The number of nitrogens with one attached hydrogen (secondary N) is 3. The Bertz CT molecular complexity index is 3520. The Kier molecular flexibility index (Phi) is 13.8. The molecule has 9 rings (SSSR count). The van der Waals surface area contributed by atoms with Crippen LogP contribution < -0.4 is 25.6 Å². The van der Waals surface area contributed by atoms with Crippen LogP contribution in [-0.2, 0) is 25.2 Å².